The zero-order valence-corrected chi connectivity index (χ0v) is 11.2. The first kappa shape index (κ1) is 17.1. The topological polar surface area (TPSA) is 60.7 Å². The van der Waals surface area contributed by atoms with Crippen LogP contribution < -0.4 is 0 Å². The lowest BCUT2D eigenvalue weighted by Gasteiger charge is -2.15. The van der Waals surface area contributed by atoms with Gasteiger partial charge in [-0.2, -0.15) is 9.90 Å². The van der Waals surface area contributed by atoms with Gasteiger partial charge in [0.25, 0.3) is 0 Å². The molecular formula is C9H24O3P2. The van der Waals surface area contributed by atoms with Gasteiger partial charge in [0.05, 0.1) is 0 Å². The average Bonchev–Trinajstić information content (AvgIpc) is 2.17. The van der Waals surface area contributed by atoms with Crippen molar-refractivity contribution < 1.29 is 15.3 Å². The predicted molar refractivity (Wildman–Crippen MR) is 67.7 cm³/mol. The highest BCUT2D eigenvalue weighted by Gasteiger charge is 2.06. The second kappa shape index (κ2) is 13.7. The molecular weight excluding hydrogens is 218 g/mol. The summed E-state index contributed by atoms with van der Waals surface area (Å²) < 4.78 is 0. The van der Waals surface area contributed by atoms with Crippen molar-refractivity contribution in [2.75, 3.05) is 38.3 Å². The predicted octanol–water partition coefficient (Wildman–Crippen LogP) is 0.674. The van der Waals surface area contributed by atoms with Gasteiger partial charge in [-0.1, -0.05) is 0 Å². The van der Waals surface area contributed by atoms with Crippen molar-refractivity contribution in [1.29, 1.82) is 0 Å². The van der Waals surface area contributed by atoms with Crippen molar-refractivity contribution in [2.24, 2.45) is 0 Å². The van der Waals surface area contributed by atoms with Crippen LogP contribution in [0.3, 0.4) is 0 Å². The highest BCUT2D eigenvalue weighted by atomic mass is 31.1. The molecule has 1 atom stereocenters. The van der Waals surface area contributed by atoms with Gasteiger partial charge in [-0.3, -0.25) is 0 Å². The van der Waals surface area contributed by atoms with Crippen molar-refractivity contribution in [3.05, 3.63) is 0 Å². The van der Waals surface area contributed by atoms with Crippen LogP contribution in [-0.2, 0) is 0 Å². The molecule has 0 aliphatic heterocycles. The SMILES string of the molecule is OCCCP(CCCO)CCCO.P. The first-order chi connectivity index (χ1) is 6.35. The monoisotopic (exact) mass is 242 g/mol. The van der Waals surface area contributed by atoms with Gasteiger partial charge in [0, 0.05) is 19.8 Å². The molecule has 0 aromatic carbocycles. The van der Waals surface area contributed by atoms with E-state index in [4.69, 9.17) is 15.3 Å². The molecule has 0 bridgehead atoms. The van der Waals surface area contributed by atoms with Crippen LogP contribution in [0.5, 0.6) is 0 Å². The number of rotatable bonds is 9. The van der Waals surface area contributed by atoms with E-state index in [0.29, 0.717) is 0 Å². The van der Waals surface area contributed by atoms with Crippen LogP contribution in [0.2, 0.25) is 0 Å². The van der Waals surface area contributed by atoms with E-state index < -0.39 is 0 Å². The third-order valence-electron chi connectivity index (χ3n) is 1.90. The molecule has 3 nitrogen and oxygen atoms in total. The molecule has 0 saturated carbocycles. The maximum Gasteiger partial charge on any atom is 0.0434 e. The standard InChI is InChI=1S/C9H21O3P.H3P/c10-4-1-7-13(8-2-5-11)9-3-6-12;/h10-12H,1-9H2;1H3. The highest BCUT2D eigenvalue weighted by molar-refractivity contribution is 7.57. The summed E-state index contributed by atoms with van der Waals surface area (Å²) in [6.07, 6.45) is 5.82. The summed E-state index contributed by atoms with van der Waals surface area (Å²) in [5, 5.41) is 26.0. The largest absolute Gasteiger partial charge is 0.396 e. The summed E-state index contributed by atoms with van der Waals surface area (Å²) in [5.41, 5.74) is 0. The first-order valence-corrected chi connectivity index (χ1v) is 6.79. The molecule has 3 N–H and O–H groups in total. The molecule has 14 heavy (non-hydrogen) atoms. The summed E-state index contributed by atoms with van der Waals surface area (Å²) in [4.78, 5) is 0. The Labute approximate surface area is 91.3 Å². The minimum atomic E-state index is -0.0583. The van der Waals surface area contributed by atoms with Gasteiger partial charge in [0.2, 0.25) is 0 Å². The molecule has 0 rings (SSSR count). The first-order valence-electron chi connectivity index (χ1n) is 4.90. The average molecular weight is 242 g/mol. The summed E-state index contributed by atoms with van der Waals surface area (Å²) in [6, 6.07) is 0. The summed E-state index contributed by atoms with van der Waals surface area (Å²) in [6.45, 7) is 0.783. The molecule has 0 aliphatic carbocycles. The van der Waals surface area contributed by atoms with Gasteiger partial charge in [-0.05, 0) is 37.7 Å². The number of hydrogen-bond acceptors (Lipinski definition) is 3. The summed E-state index contributed by atoms with van der Waals surface area (Å²) in [5.74, 6) is 0. The van der Waals surface area contributed by atoms with Crippen molar-refractivity contribution in [1.82, 2.24) is 0 Å². The Hall–Kier alpha value is 0.740. The van der Waals surface area contributed by atoms with E-state index in [1.54, 1.807) is 0 Å². The number of aliphatic hydroxyl groups excluding tert-OH is 3. The lowest BCUT2D eigenvalue weighted by atomic mass is 10.5. The molecule has 0 heterocycles. The van der Waals surface area contributed by atoms with Crippen LogP contribution in [0.4, 0.5) is 0 Å². The van der Waals surface area contributed by atoms with E-state index in [0.717, 1.165) is 37.7 Å². The molecule has 0 radical (unpaired) electrons. The lowest BCUT2D eigenvalue weighted by molar-refractivity contribution is 0.292. The Morgan fingerprint density at radius 1 is 0.643 bits per heavy atom. The fraction of sp³-hybridized carbons (Fsp3) is 1.00. The Morgan fingerprint density at radius 2 is 0.929 bits per heavy atom. The molecule has 5 heteroatoms. The van der Waals surface area contributed by atoms with Crippen LogP contribution in [0.15, 0.2) is 0 Å². The zero-order valence-electron chi connectivity index (χ0n) is 8.86. The Balaban J connectivity index is 0. The Kier molecular flexibility index (Phi) is 16.8. The van der Waals surface area contributed by atoms with Gasteiger partial charge >= 0.3 is 0 Å². The minimum Gasteiger partial charge on any atom is -0.396 e. The molecule has 0 amide bonds. The van der Waals surface area contributed by atoms with Crippen molar-refractivity contribution in [2.45, 2.75) is 19.3 Å². The molecule has 0 spiro atoms. The van der Waals surface area contributed by atoms with E-state index in [9.17, 15) is 0 Å². The quantitative estimate of drug-likeness (QED) is 0.521. The molecule has 1 unspecified atom stereocenters. The number of aliphatic hydroxyl groups is 3. The van der Waals surface area contributed by atoms with Gasteiger partial charge in [-0.15, -0.1) is 7.92 Å². The van der Waals surface area contributed by atoms with Crippen LogP contribution in [-0.4, -0.2) is 53.6 Å². The highest BCUT2D eigenvalue weighted by Crippen LogP contribution is 2.37. The Morgan fingerprint density at radius 3 is 1.14 bits per heavy atom. The second-order valence-corrected chi connectivity index (χ2v) is 5.76. The zero-order chi connectivity index (χ0) is 9.94. The normalized spacial score (nSPS) is 10.3. The van der Waals surface area contributed by atoms with Crippen LogP contribution in [0.25, 0.3) is 0 Å². The maximum atomic E-state index is 8.68. The van der Waals surface area contributed by atoms with Crippen molar-refractivity contribution in [3.8, 4) is 0 Å². The van der Waals surface area contributed by atoms with Gasteiger partial charge < -0.3 is 15.3 Å². The third-order valence-corrected chi connectivity index (χ3v) is 4.74. The van der Waals surface area contributed by atoms with Crippen LogP contribution >= 0.6 is 17.8 Å². The molecule has 0 aromatic rings. The van der Waals surface area contributed by atoms with Gasteiger partial charge in [-0.25, -0.2) is 0 Å². The molecule has 88 valence electrons. The molecule has 0 aliphatic rings. The maximum absolute atomic E-state index is 8.68. The smallest absolute Gasteiger partial charge is 0.0434 e. The van der Waals surface area contributed by atoms with E-state index in [1.165, 1.54) is 0 Å². The van der Waals surface area contributed by atoms with Gasteiger partial charge in [0.1, 0.15) is 0 Å². The number of hydrogen-bond donors (Lipinski definition) is 3. The van der Waals surface area contributed by atoms with E-state index in [2.05, 4.69) is 0 Å². The fourth-order valence-corrected chi connectivity index (χ4v) is 3.66. The fourth-order valence-electron chi connectivity index (χ4n) is 1.22. The molecule has 0 fully saturated rings. The summed E-state index contributed by atoms with van der Waals surface area (Å²) >= 11 is 0. The van der Waals surface area contributed by atoms with Crippen molar-refractivity contribution in [3.63, 3.8) is 0 Å². The molecule has 0 aromatic heterocycles. The van der Waals surface area contributed by atoms with E-state index in [1.807, 2.05) is 0 Å². The third kappa shape index (κ3) is 10.8. The van der Waals surface area contributed by atoms with Crippen molar-refractivity contribution >= 4 is 17.8 Å². The van der Waals surface area contributed by atoms with E-state index in [-0.39, 0.29) is 37.6 Å². The van der Waals surface area contributed by atoms with Crippen LogP contribution in [0.1, 0.15) is 19.3 Å². The minimum absolute atomic E-state index is 0. The summed E-state index contributed by atoms with van der Waals surface area (Å²) in [7, 11) is -0.0583. The molecule has 0 saturated heterocycles. The lowest BCUT2D eigenvalue weighted by Crippen LogP contribution is -2.00. The van der Waals surface area contributed by atoms with Crippen LogP contribution in [0, 0.1) is 0 Å². The second-order valence-electron chi connectivity index (χ2n) is 3.07. The van der Waals surface area contributed by atoms with E-state index >= 15 is 0 Å². The van der Waals surface area contributed by atoms with Gasteiger partial charge in [0.15, 0.2) is 0 Å². The Bertz CT molecular complexity index is 85.0.